The van der Waals surface area contributed by atoms with Gasteiger partial charge in [0.15, 0.2) is 0 Å². The number of hydrogen-bond acceptors (Lipinski definition) is 0. The molecule has 2 rings (SSSR count). The zero-order chi connectivity index (χ0) is 13.8. The number of rotatable bonds is 4. The summed E-state index contributed by atoms with van der Waals surface area (Å²) >= 11 is 7.19. The minimum atomic E-state index is -0.169. The average molecular weight is 386 g/mol. The predicted octanol–water partition coefficient (Wildman–Crippen LogP) is 5.62. The van der Waals surface area contributed by atoms with Gasteiger partial charge < -0.3 is 0 Å². The largest absolute Gasteiger partial charge is 0.207 e. The van der Waals surface area contributed by atoms with Gasteiger partial charge in [0.1, 0.15) is 5.82 Å². The van der Waals surface area contributed by atoms with Gasteiger partial charge in [-0.25, -0.2) is 4.39 Å². The third kappa shape index (κ3) is 3.67. The monoisotopic (exact) mass is 384 g/mol. The molecular formula is C16H15Br2F. The summed E-state index contributed by atoms with van der Waals surface area (Å²) < 4.78 is 14.3. The summed E-state index contributed by atoms with van der Waals surface area (Å²) in [5.74, 6) is 0.206. The first-order valence-electron chi connectivity index (χ1n) is 6.17. The third-order valence-corrected chi connectivity index (χ3v) is 4.81. The van der Waals surface area contributed by atoms with Crippen molar-refractivity contribution in [2.24, 2.45) is 0 Å². The Hall–Kier alpha value is -0.670. The van der Waals surface area contributed by atoms with Gasteiger partial charge in [-0.3, -0.25) is 0 Å². The van der Waals surface area contributed by atoms with E-state index in [4.69, 9.17) is 0 Å². The molecule has 0 N–H and O–H groups in total. The standard InChI is InChI=1S/C16H15Br2F/c1-11-8-14(19)7-6-12(11)9-13(10-17)15-4-2-3-5-16(15)18/h2-8,13H,9-10H2,1H3. The van der Waals surface area contributed by atoms with Crippen molar-refractivity contribution >= 4 is 31.9 Å². The predicted molar refractivity (Wildman–Crippen MR) is 85.5 cm³/mol. The first-order chi connectivity index (χ1) is 9.11. The molecule has 19 heavy (non-hydrogen) atoms. The lowest BCUT2D eigenvalue weighted by atomic mass is 9.92. The number of halogens is 3. The second kappa shape index (κ2) is 6.67. The van der Waals surface area contributed by atoms with Crippen LogP contribution in [0.3, 0.4) is 0 Å². The van der Waals surface area contributed by atoms with Crippen LogP contribution in [-0.4, -0.2) is 5.33 Å². The maximum absolute atomic E-state index is 13.1. The van der Waals surface area contributed by atoms with Crippen LogP contribution in [0.4, 0.5) is 4.39 Å². The zero-order valence-corrected chi connectivity index (χ0v) is 13.8. The molecule has 2 aromatic carbocycles. The maximum atomic E-state index is 13.1. The first-order valence-corrected chi connectivity index (χ1v) is 8.08. The number of hydrogen-bond donors (Lipinski definition) is 0. The van der Waals surface area contributed by atoms with Crippen molar-refractivity contribution < 1.29 is 4.39 Å². The van der Waals surface area contributed by atoms with Gasteiger partial charge in [0.2, 0.25) is 0 Å². The molecule has 0 spiro atoms. The summed E-state index contributed by atoms with van der Waals surface area (Å²) in [6.07, 6.45) is 0.903. The fraction of sp³-hybridized carbons (Fsp3) is 0.250. The highest BCUT2D eigenvalue weighted by Crippen LogP contribution is 2.30. The molecule has 0 saturated heterocycles. The van der Waals surface area contributed by atoms with E-state index < -0.39 is 0 Å². The quantitative estimate of drug-likeness (QED) is 0.599. The van der Waals surface area contributed by atoms with Gasteiger partial charge in [-0.15, -0.1) is 0 Å². The molecule has 1 unspecified atom stereocenters. The second-order valence-corrected chi connectivity index (χ2v) is 6.15. The van der Waals surface area contributed by atoms with Crippen LogP contribution in [-0.2, 0) is 6.42 Å². The summed E-state index contributed by atoms with van der Waals surface area (Å²) in [4.78, 5) is 0. The molecule has 0 saturated carbocycles. The van der Waals surface area contributed by atoms with Crippen LogP contribution in [0.25, 0.3) is 0 Å². The minimum Gasteiger partial charge on any atom is -0.207 e. The SMILES string of the molecule is Cc1cc(F)ccc1CC(CBr)c1ccccc1Br. The smallest absolute Gasteiger partial charge is 0.123 e. The Balaban J connectivity index is 2.27. The van der Waals surface area contributed by atoms with E-state index in [1.165, 1.54) is 17.2 Å². The molecule has 0 aliphatic rings. The van der Waals surface area contributed by atoms with Gasteiger partial charge >= 0.3 is 0 Å². The van der Waals surface area contributed by atoms with E-state index >= 15 is 0 Å². The Morgan fingerprint density at radius 2 is 1.89 bits per heavy atom. The molecule has 3 heteroatoms. The van der Waals surface area contributed by atoms with E-state index in [2.05, 4.69) is 44.0 Å². The molecule has 0 fully saturated rings. The Kier molecular flexibility index (Phi) is 5.17. The molecule has 0 aromatic heterocycles. The van der Waals surface area contributed by atoms with Crippen LogP contribution < -0.4 is 0 Å². The van der Waals surface area contributed by atoms with Crippen molar-refractivity contribution in [1.82, 2.24) is 0 Å². The van der Waals surface area contributed by atoms with Crippen LogP contribution in [0.5, 0.6) is 0 Å². The summed E-state index contributed by atoms with van der Waals surface area (Å²) in [6, 6.07) is 13.3. The van der Waals surface area contributed by atoms with Crippen molar-refractivity contribution in [1.29, 1.82) is 0 Å². The average Bonchev–Trinajstić information content (AvgIpc) is 2.39. The molecule has 0 nitrogen and oxygen atoms in total. The van der Waals surface area contributed by atoms with E-state index in [-0.39, 0.29) is 5.82 Å². The van der Waals surface area contributed by atoms with Gasteiger partial charge in [-0.2, -0.15) is 0 Å². The highest BCUT2D eigenvalue weighted by Gasteiger charge is 2.15. The van der Waals surface area contributed by atoms with Gasteiger partial charge in [-0.1, -0.05) is 56.1 Å². The fourth-order valence-corrected chi connectivity index (χ4v) is 3.39. The lowest BCUT2D eigenvalue weighted by molar-refractivity contribution is 0.624. The Morgan fingerprint density at radius 1 is 1.16 bits per heavy atom. The molecule has 0 aliphatic heterocycles. The Labute approximate surface area is 130 Å². The summed E-state index contributed by atoms with van der Waals surface area (Å²) in [5, 5.41) is 0.881. The summed E-state index contributed by atoms with van der Waals surface area (Å²) in [7, 11) is 0. The van der Waals surface area contributed by atoms with Crippen LogP contribution >= 0.6 is 31.9 Å². The molecule has 0 radical (unpaired) electrons. The van der Waals surface area contributed by atoms with E-state index in [0.717, 1.165) is 21.8 Å². The van der Waals surface area contributed by atoms with Crippen LogP contribution in [0, 0.1) is 12.7 Å². The van der Waals surface area contributed by atoms with Crippen LogP contribution in [0.2, 0.25) is 0 Å². The van der Waals surface area contributed by atoms with Crippen molar-refractivity contribution in [3.63, 3.8) is 0 Å². The third-order valence-electron chi connectivity index (χ3n) is 3.30. The normalized spacial score (nSPS) is 12.4. The van der Waals surface area contributed by atoms with Gasteiger partial charge in [0, 0.05) is 9.80 Å². The van der Waals surface area contributed by atoms with E-state index in [9.17, 15) is 4.39 Å². The Bertz CT molecular complexity index is 566. The molecule has 1 atom stereocenters. The molecule has 0 aliphatic carbocycles. The highest BCUT2D eigenvalue weighted by atomic mass is 79.9. The summed E-state index contributed by atoms with van der Waals surface area (Å²) in [6.45, 7) is 1.96. The van der Waals surface area contributed by atoms with Crippen LogP contribution in [0.15, 0.2) is 46.9 Å². The molecule has 2 aromatic rings. The highest BCUT2D eigenvalue weighted by molar-refractivity contribution is 9.10. The lowest BCUT2D eigenvalue weighted by Gasteiger charge is -2.17. The molecule has 100 valence electrons. The minimum absolute atomic E-state index is 0.169. The van der Waals surface area contributed by atoms with Gasteiger partial charge in [-0.05, 0) is 54.2 Å². The zero-order valence-electron chi connectivity index (χ0n) is 10.7. The molecule has 0 amide bonds. The number of alkyl halides is 1. The van der Waals surface area contributed by atoms with Crippen molar-refractivity contribution in [3.8, 4) is 0 Å². The van der Waals surface area contributed by atoms with E-state index in [1.807, 2.05) is 25.1 Å². The number of aryl methyl sites for hydroxylation is 1. The Morgan fingerprint density at radius 3 is 2.53 bits per heavy atom. The summed E-state index contributed by atoms with van der Waals surface area (Å²) in [5.41, 5.74) is 3.49. The van der Waals surface area contributed by atoms with E-state index in [1.54, 1.807) is 6.07 Å². The second-order valence-electron chi connectivity index (χ2n) is 4.65. The molecule has 0 bridgehead atoms. The topological polar surface area (TPSA) is 0 Å². The lowest BCUT2D eigenvalue weighted by Crippen LogP contribution is -2.06. The van der Waals surface area contributed by atoms with Gasteiger partial charge in [0.25, 0.3) is 0 Å². The number of benzene rings is 2. The van der Waals surface area contributed by atoms with Crippen molar-refractivity contribution in [2.45, 2.75) is 19.3 Å². The van der Waals surface area contributed by atoms with Gasteiger partial charge in [0.05, 0.1) is 0 Å². The fourth-order valence-electron chi connectivity index (χ4n) is 2.21. The van der Waals surface area contributed by atoms with Crippen molar-refractivity contribution in [3.05, 3.63) is 69.4 Å². The maximum Gasteiger partial charge on any atom is 0.123 e. The van der Waals surface area contributed by atoms with E-state index in [0.29, 0.717) is 5.92 Å². The van der Waals surface area contributed by atoms with Crippen molar-refractivity contribution in [2.75, 3.05) is 5.33 Å². The molecular weight excluding hydrogens is 371 g/mol. The van der Waals surface area contributed by atoms with Crippen LogP contribution in [0.1, 0.15) is 22.6 Å². The first kappa shape index (κ1) is 14.7. The molecule has 0 heterocycles.